The summed E-state index contributed by atoms with van der Waals surface area (Å²) < 4.78 is 0.224. The Morgan fingerprint density at radius 1 is 1.50 bits per heavy atom. The van der Waals surface area contributed by atoms with Crippen LogP contribution in [0.2, 0.25) is 0 Å². The van der Waals surface area contributed by atoms with Gasteiger partial charge in [-0.15, -0.1) is 0 Å². The molecule has 1 saturated heterocycles. The Labute approximate surface area is 78.9 Å². The van der Waals surface area contributed by atoms with E-state index in [2.05, 4.69) is 13.8 Å². The first-order valence-electron chi connectivity index (χ1n) is 4.54. The summed E-state index contributed by atoms with van der Waals surface area (Å²) in [4.78, 5) is 0. The van der Waals surface area contributed by atoms with E-state index in [1.807, 2.05) is 11.8 Å². The zero-order chi connectivity index (χ0) is 9.24. The molecule has 72 valence electrons. The third-order valence-electron chi connectivity index (χ3n) is 2.42. The van der Waals surface area contributed by atoms with E-state index in [9.17, 15) is 5.11 Å². The Hall–Kier alpha value is 0.270. The zero-order valence-electron chi connectivity index (χ0n) is 7.97. The SMILES string of the molecule is CC1(C)CC(O)(CCN)CCS1. The number of hydrogen-bond donors (Lipinski definition) is 2. The number of hydrogen-bond acceptors (Lipinski definition) is 3. The largest absolute Gasteiger partial charge is 0.390 e. The van der Waals surface area contributed by atoms with E-state index >= 15 is 0 Å². The minimum Gasteiger partial charge on any atom is -0.390 e. The van der Waals surface area contributed by atoms with Crippen molar-refractivity contribution < 1.29 is 5.11 Å². The van der Waals surface area contributed by atoms with Crippen molar-refractivity contribution in [3.63, 3.8) is 0 Å². The fourth-order valence-corrected chi connectivity index (χ4v) is 3.34. The monoisotopic (exact) mass is 189 g/mol. The van der Waals surface area contributed by atoms with Gasteiger partial charge >= 0.3 is 0 Å². The van der Waals surface area contributed by atoms with Gasteiger partial charge in [0.15, 0.2) is 0 Å². The lowest BCUT2D eigenvalue weighted by atomic mass is 9.86. The van der Waals surface area contributed by atoms with Crippen molar-refractivity contribution in [3.05, 3.63) is 0 Å². The van der Waals surface area contributed by atoms with Crippen LogP contribution >= 0.6 is 11.8 Å². The molecular formula is C9H19NOS. The third kappa shape index (κ3) is 2.64. The van der Waals surface area contributed by atoms with Crippen molar-refractivity contribution in [1.29, 1.82) is 0 Å². The third-order valence-corrected chi connectivity index (χ3v) is 3.76. The van der Waals surface area contributed by atoms with Crippen LogP contribution in [0, 0.1) is 0 Å². The van der Waals surface area contributed by atoms with Gasteiger partial charge in [0.2, 0.25) is 0 Å². The molecule has 0 aromatic heterocycles. The maximum atomic E-state index is 10.1. The first-order chi connectivity index (χ1) is 5.47. The lowest BCUT2D eigenvalue weighted by molar-refractivity contribution is 0.0114. The molecule has 1 unspecified atom stereocenters. The fraction of sp³-hybridized carbons (Fsp3) is 1.00. The average Bonchev–Trinajstić information content (AvgIpc) is 1.83. The number of nitrogens with two attached hydrogens (primary N) is 1. The van der Waals surface area contributed by atoms with E-state index in [4.69, 9.17) is 5.73 Å². The van der Waals surface area contributed by atoms with Crippen molar-refractivity contribution in [2.45, 2.75) is 43.5 Å². The molecule has 3 N–H and O–H groups in total. The highest BCUT2D eigenvalue weighted by Crippen LogP contribution is 2.41. The molecule has 0 saturated carbocycles. The van der Waals surface area contributed by atoms with Crippen LogP contribution in [0.25, 0.3) is 0 Å². The van der Waals surface area contributed by atoms with Crippen molar-refractivity contribution in [2.24, 2.45) is 5.73 Å². The molecule has 0 aromatic rings. The molecule has 1 atom stereocenters. The molecule has 1 aliphatic rings. The summed E-state index contributed by atoms with van der Waals surface area (Å²) in [5.74, 6) is 1.06. The quantitative estimate of drug-likeness (QED) is 0.689. The number of thioether (sulfide) groups is 1. The highest BCUT2D eigenvalue weighted by molar-refractivity contribution is 8.00. The molecule has 0 bridgehead atoms. The van der Waals surface area contributed by atoms with Gasteiger partial charge in [-0.05, 0) is 31.6 Å². The Bertz CT molecular complexity index is 157. The van der Waals surface area contributed by atoms with E-state index in [1.165, 1.54) is 0 Å². The van der Waals surface area contributed by atoms with Gasteiger partial charge in [-0.25, -0.2) is 0 Å². The molecule has 2 nitrogen and oxygen atoms in total. The molecule has 12 heavy (non-hydrogen) atoms. The molecule has 1 rings (SSSR count). The maximum Gasteiger partial charge on any atom is 0.0680 e. The fourth-order valence-electron chi connectivity index (χ4n) is 1.93. The van der Waals surface area contributed by atoms with Crippen molar-refractivity contribution in [1.82, 2.24) is 0 Å². The summed E-state index contributed by atoms with van der Waals surface area (Å²) in [6, 6.07) is 0. The topological polar surface area (TPSA) is 46.2 Å². The van der Waals surface area contributed by atoms with Gasteiger partial charge < -0.3 is 10.8 Å². The minimum atomic E-state index is -0.483. The maximum absolute atomic E-state index is 10.1. The molecule has 0 spiro atoms. The highest BCUT2D eigenvalue weighted by atomic mass is 32.2. The van der Waals surface area contributed by atoms with E-state index in [-0.39, 0.29) is 4.75 Å². The zero-order valence-corrected chi connectivity index (χ0v) is 8.78. The Morgan fingerprint density at radius 3 is 2.67 bits per heavy atom. The lowest BCUT2D eigenvalue weighted by Crippen LogP contribution is -2.42. The second-order valence-corrected chi connectivity index (χ2v) is 6.10. The Balaban J connectivity index is 2.55. The van der Waals surface area contributed by atoms with Crippen LogP contribution in [0.5, 0.6) is 0 Å². The van der Waals surface area contributed by atoms with E-state index in [0.717, 1.165) is 25.0 Å². The summed E-state index contributed by atoms with van der Waals surface area (Å²) in [5, 5.41) is 10.1. The van der Waals surface area contributed by atoms with Crippen molar-refractivity contribution >= 4 is 11.8 Å². The smallest absolute Gasteiger partial charge is 0.0680 e. The van der Waals surface area contributed by atoms with Crippen LogP contribution in [-0.2, 0) is 0 Å². The second-order valence-electron chi connectivity index (χ2n) is 4.30. The van der Waals surface area contributed by atoms with Crippen LogP contribution < -0.4 is 5.73 Å². The number of rotatable bonds is 2. The molecule has 0 radical (unpaired) electrons. The van der Waals surface area contributed by atoms with Gasteiger partial charge in [-0.3, -0.25) is 0 Å². The summed E-state index contributed by atoms with van der Waals surface area (Å²) in [6.45, 7) is 4.98. The molecular weight excluding hydrogens is 170 g/mol. The summed E-state index contributed by atoms with van der Waals surface area (Å²) in [7, 11) is 0. The van der Waals surface area contributed by atoms with Crippen molar-refractivity contribution in [2.75, 3.05) is 12.3 Å². The second kappa shape index (κ2) is 3.56. The molecule has 1 fully saturated rings. The van der Waals surface area contributed by atoms with Gasteiger partial charge in [0.1, 0.15) is 0 Å². The Morgan fingerprint density at radius 2 is 2.17 bits per heavy atom. The van der Waals surface area contributed by atoms with Crippen LogP contribution in [0.15, 0.2) is 0 Å². The lowest BCUT2D eigenvalue weighted by Gasteiger charge is -2.41. The van der Waals surface area contributed by atoms with Gasteiger partial charge in [-0.1, -0.05) is 13.8 Å². The summed E-state index contributed by atoms with van der Waals surface area (Å²) in [5.41, 5.74) is 4.98. The Kier molecular flexibility index (Phi) is 3.07. The van der Waals surface area contributed by atoms with Gasteiger partial charge in [-0.2, -0.15) is 11.8 Å². The van der Waals surface area contributed by atoms with Gasteiger partial charge in [0.25, 0.3) is 0 Å². The average molecular weight is 189 g/mol. The highest BCUT2D eigenvalue weighted by Gasteiger charge is 2.38. The number of aliphatic hydroxyl groups is 1. The molecule has 0 aromatic carbocycles. The van der Waals surface area contributed by atoms with E-state index < -0.39 is 5.60 Å². The molecule has 0 amide bonds. The molecule has 1 heterocycles. The van der Waals surface area contributed by atoms with Crippen LogP contribution in [0.1, 0.15) is 33.1 Å². The standard InChI is InChI=1S/C9H19NOS/c1-8(2)7-9(11,3-5-10)4-6-12-8/h11H,3-7,10H2,1-2H3. The van der Waals surface area contributed by atoms with Gasteiger partial charge in [0, 0.05) is 4.75 Å². The van der Waals surface area contributed by atoms with Crippen molar-refractivity contribution in [3.8, 4) is 0 Å². The van der Waals surface area contributed by atoms with Crippen LogP contribution in [-0.4, -0.2) is 27.8 Å². The molecule has 1 aliphatic heterocycles. The van der Waals surface area contributed by atoms with Crippen LogP contribution in [0.3, 0.4) is 0 Å². The predicted molar refractivity (Wildman–Crippen MR) is 54.4 cm³/mol. The molecule has 3 heteroatoms. The first kappa shape index (κ1) is 10.4. The summed E-state index contributed by atoms with van der Waals surface area (Å²) in [6.07, 6.45) is 2.52. The first-order valence-corrected chi connectivity index (χ1v) is 5.52. The van der Waals surface area contributed by atoms with Gasteiger partial charge in [0.05, 0.1) is 5.60 Å². The molecule has 0 aliphatic carbocycles. The van der Waals surface area contributed by atoms with Crippen LogP contribution in [0.4, 0.5) is 0 Å². The predicted octanol–water partition coefficient (Wildman–Crippen LogP) is 1.37. The van der Waals surface area contributed by atoms with E-state index in [0.29, 0.717) is 6.54 Å². The summed E-state index contributed by atoms with van der Waals surface area (Å²) >= 11 is 1.95. The van der Waals surface area contributed by atoms with E-state index in [1.54, 1.807) is 0 Å². The normalized spacial score (nSPS) is 35.0. The minimum absolute atomic E-state index is 0.224.